The van der Waals surface area contributed by atoms with Gasteiger partial charge < -0.3 is 16.0 Å². The van der Waals surface area contributed by atoms with Crippen LogP contribution in [-0.2, 0) is 6.54 Å². The van der Waals surface area contributed by atoms with Crippen LogP contribution in [0.15, 0.2) is 35.3 Å². The molecule has 0 amide bonds. The maximum Gasteiger partial charge on any atom is 0.188 e. The van der Waals surface area contributed by atoms with Gasteiger partial charge in [0.15, 0.2) is 5.96 Å². The molecule has 1 rings (SSSR count). The number of benzene rings is 1. The molecule has 112 valence electrons. The fourth-order valence-electron chi connectivity index (χ4n) is 1.94. The van der Waals surface area contributed by atoms with Gasteiger partial charge in [-0.15, -0.1) is 0 Å². The first-order valence-electron chi connectivity index (χ1n) is 7.17. The number of nitrogens with one attached hydrogen (secondary N) is 1. The summed E-state index contributed by atoms with van der Waals surface area (Å²) in [4.78, 5) is 6.65. The fraction of sp³-hybridized carbons (Fsp3) is 0.562. The smallest absolute Gasteiger partial charge is 0.188 e. The van der Waals surface area contributed by atoms with Crippen molar-refractivity contribution >= 4 is 5.96 Å². The van der Waals surface area contributed by atoms with Gasteiger partial charge in [0.25, 0.3) is 0 Å². The Morgan fingerprint density at radius 1 is 1.25 bits per heavy atom. The van der Waals surface area contributed by atoms with Gasteiger partial charge in [-0.3, -0.25) is 4.99 Å². The Bertz CT molecular complexity index is 406. The quantitative estimate of drug-likeness (QED) is 0.476. The summed E-state index contributed by atoms with van der Waals surface area (Å²) in [6.07, 6.45) is 1.01. The van der Waals surface area contributed by atoms with Crippen LogP contribution in [0.4, 0.5) is 0 Å². The van der Waals surface area contributed by atoms with Crippen LogP contribution < -0.4 is 11.1 Å². The largest absolute Gasteiger partial charge is 0.370 e. The van der Waals surface area contributed by atoms with Crippen LogP contribution in [0.25, 0.3) is 0 Å². The summed E-state index contributed by atoms with van der Waals surface area (Å²) in [5.74, 6) is 0.531. The summed E-state index contributed by atoms with van der Waals surface area (Å²) in [6, 6.07) is 10.5. The number of rotatable bonds is 6. The second kappa shape index (κ2) is 7.90. The Kier molecular flexibility index (Phi) is 6.52. The minimum atomic E-state index is -0.0301. The van der Waals surface area contributed by atoms with Crippen LogP contribution in [0.2, 0.25) is 0 Å². The highest BCUT2D eigenvalue weighted by atomic mass is 15.1. The summed E-state index contributed by atoms with van der Waals surface area (Å²) < 4.78 is 0. The third-order valence-corrected chi connectivity index (χ3v) is 2.78. The summed E-state index contributed by atoms with van der Waals surface area (Å²) >= 11 is 0. The average Bonchev–Trinajstić information content (AvgIpc) is 2.34. The minimum Gasteiger partial charge on any atom is -0.370 e. The van der Waals surface area contributed by atoms with E-state index in [1.54, 1.807) is 0 Å². The Hall–Kier alpha value is -1.55. The molecule has 0 saturated carbocycles. The van der Waals surface area contributed by atoms with Crippen molar-refractivity contribution in [2.45, 2.75) is 39.3 Å². The first-order valence-corrected chi connectivity index (χ1v) is 7.17. The van der Waals surface area contributed by atoms with Gasteiger partial charge in [0.05, 0.1) is 0 Å². The van der Waals surface area contributed by atoms with Crippen molar-refractivity contribution in [1.82, 2.24) is 10.2 Å². The predicted molar refractivity (Wildman–Crippen MR) is 86.8 cm³/mol. The van der Waals surface area contributed by atoms with Crippen molar-refractivity contribution in [1.29, 1.82) is 0 Å². The summed E-state index contributed by atoms with van der Waals surface area (Å²) in [6.45, 7) is 8.96. The Labute approximate surface area is 123 Å². The van der Waals surface area contributed by atoms with E-state index in [1.807, 2.05) is 6.07 Å². The molecule has 1 aromatic rings. The van der Waals surface area contributed by atoms with Crippen LogP contribution in [0.5, 0.6) is 0 Å². The molecule has 0 unspecified atom stereocenters. The van der Waals surface area contributed by atoms with E-state index in [2.05, 4.69) is 67.3 Å². The van der Waals surface area contributed by atoms with Gasteiger partial charge in [-0.1, -0.05) is 30.3 Å². The first kappa shape index (κ1) is 16.5. The van der Waals surface area contributed by atoms with Crippen LogP contribution in [0.1, 0.15) is 32.8 Å². The van der Waals surface area contributed by atoms with Gasteiger partial charge in [0.2, 0.25) is 0 Å². The molecule has 0 atom stereocenters. The molecule has 1 aromatic carbocycles. The number of guanidine groups is 1. The summed E-state index contributed by atoms with van der Waals surface area (Å²) in [5.41, 5.74) is 7.14. The zero-order chi connectivity index (χ0) is 15.0. The Balaban J connectivity index is 2.22. The maximum absolute atomic E-state index is 5.83. The SMILES string of the molecule is CN(CCCN=C(N)NC(C)(C)C)Cc1ccccc1. The van der Waals surface area contributed by atoms with E-state index in [9.17, 15) is 0 Å². The number of aliphatic imine (C=N–C) groups is 1. The van der Waals surface area contributed by atoms with E-state index in [4.69, 9.17) is 5.73 Å². The van der Waals surface area contributed by atoms with E-state index < -0.39 is 0 Å². The third-order valence-electron chi connectivity index (χ3n) is 2.78. The van der Waals surface area contributed by atoms with E-state index in [-0.39, 0.29) is 5.54 Å². The molecular formula is C16H28N4. The maximum atomic E-state index is 5.83. The molecule has 0 aliphatic carbocycles. The lowest BCUT2D eigenvalue weighted by Gasteiger charge is -2.21. The molecule has 0 aromatic heterocycles. The fourth-order valence-corrected chi connectivity index (χ4v) is 1.94. The predicted octanol–water partition coefficient (Wildman–Crippen LogP) is 2.21. The molecule has 0 saturated heterocycles. The van der Waals surface area contributed by atoms with Crippen molar-refractivity contribution in [2.24, 2.45) is 10.7 Å². The van der Waals surface area contributed by atoms with Gasteiger partial charge in [0, 0.05) is 18.6 Å². The molecular weight excluding hydrogens is 248 g/mol. The molecule has 0 spiro atoms. The number of nitrogens with two attached hydrogens (primary N) is 1. The first-order chi connectivity index (χ1) is 9.37. The molecule has 0 aliphatic rings. The molecule has 0 aliphatic heterocycles. The average molecular weight is 276 g/mol. The molecule has 4 heteroatoms. The summed E-state index contributed by atoms with van der Waals surface area (Å²) in [7, 11) is 2.13. The van der Waals surface area contributed by atoms with E-state index in [1.165, 1.54) is 5.56 Å². The van der Waals surface area contributed by atoms with E-state index >= 15 is 0 Å². The van der Waals surface area contributed by atoms with Crippen molar-refractivity contribution in [3.8, 4) is 0 Å². The molecule has 3 N–H and O–H groups in total. The second-order valence-corrected chi connectivity index (χ2v) is 6.22. The standard InChI is InChI=1S/C16H28N4/c1-16(2,3)19-15(17)18-11-8-12-20(4)13-14-9-6-5-7-10-14/h5-7,9-10H,8,11-13H2,1-4H3,(H3,17,18,19). The van der Waals surface area contributed by atoms with Crippen molar-refractivity contribution in [2.75, 3.05) is 20.1 Å². The highest BCUT2D eigenvalue weighted by molar-refractivity contribution is 5.78. The monoisotopic (exact) mass is 276 g/mol. The topological polar surface area (TPSA) is 53.6 Å². The van der Waals surface area contributed by atoms with Gasteiger partial charge in [-0.25, -0.2) is 0 Å². The molecule has 4 nitrogen and oxygen atoms in total. The summed E-state index contributed by atoms with van der Waals surface area (Å²) in [5, 5.41) is 3.16. The zero-order valence-electron chi connectivity index (χ0n) is 13.2. The lowest BCUT2D eigenvalue weighted by Crippen LogP contribution is -2.45. The minimum absolute atomic E-state index is 0.0301. The lowest BCUT2D eigenvalue weighted by atomic mass is 10.1. The van der Waals surface area contributed by atoms with Crippen LogP contribution in [0.3, 0.4) is 0 Å². The van der Waals surface area contributed by atoms with Crippen molar-refractivity contribution in [3.63, 3.8) is 0 Å². The molecule has 0 fully saturated rings. The van der Waals surface area contributed by atoms with Gasteiger partial charge >= 0.3 is 0 Å². The molecule has 0 heterocycles. The number of hydrogen-bond donors (Lipinski definition) is 2. The van der Waals surface area contributed by atoms with Crippen LogP contribution >= 0.6 is 0 Å². The van der Waals surface area contributed by atoms with Gasteiger partial charge in [0.1, 0.15) is 0 Å². The highest BCUT2D eigenvalue weighted by Gasteiger charge is 2.09. The van der Waals surface area contributed by atoms with E-state index in [0.29, 0.717) is 5.96 Å². The molecule has 20 heavy (non-hydrogen) atoms. The number of nitrogens with zero attached hydrogens (tertiary/aromatic N) is 2. The Morgan fingerprint density at radius 2 is 1.90 bits per heavy atom. The van der Waals surface area contributed by atoms with Crippen molar-refractivity contribution in [3.05, 3.63) is 35.9 Å². The Morgan fingerprint density at radius 3 is 2.50 bits per heavy atom. The molecule has 0 radical (unpaired) electrons. The third kappa shape index (κ3) is 7.79. The van der Waals surface area contributed by atoms with E-state index in [0.717, 1.165) is 26.1 Å². The highest BCUT2D eigenvalue weighted by Crippen LogP contribution is 2.03. The van der Waals surface area contributed by atoms with Gasteiger partial charge in [-0.05, 0) is 46.3 Å². The number of hydrogen-bond acceptors (Lipinski definition) is 2. The lowest BCUT2D eigenvalue weighted by molar-refractivity contribution is 0.324. The normalized spacial score (nSPS) is 12.8. The zero-order valence-corrected chi connectivity index (χ0v) is 13.2. The second-order valence-electron chi connectivity index (χ2n) is 6.22. The van der Waals surface area contributed by atoms with Gasteiger partial charge in [-0.2, -0.15) is 0 Å². The molecule has 0 bridgehead atoms. The van der Waals surface area contributed by atoms with Crippen molar-refractivity contribution < 1.29 is 0 Å². The van der Waals surface area contributed by atoms with Crippen LogP contribution in [0, 0.1) is 0 Å². The van der Waals surface area contributed by atoms with Crippen LogP contribution in [-0.4, -0.2) is 36.5 Å².